The van der Waals surface area contributed by atoms with Gasteiger partial charge in [0, 0.05) is 21.6 Å². The number of rotatable bonds is 6. The van der Waals surface area contributed by atoms with Gasteiger partial charge >= 0.3 is 0 Å². The lowest BCUT2D eigenvalue weighted by atomic mass is 9.70. The van der Waals surface area contributed by atoms with Crippen molar-refractivity contribution in [3.05, 3.63) is 326 Å². The second-order valence-corrected chi connectivity index (χ2v) is 33.2. The first-order valence-electron chi connectivity index (χ1n) is 31.2. The molecule has 0 fully saturated rings. The molecule has 0 atom stereocenters. The Labute approximate surface area is 516 Å². The Morgan fingerprint density at radius 2 is 0.545 bits per heavy atom. The summed E-state index contributed by atoms with van der Waals surface area (Å²) >= 11 is 0. The zero-order chi connectivity index (χ0) is 58.7. The highest BCUT2D eigenvalue weighted by molar-refractivity contribution is 7.23. The lowest BCUT2D eigenvalue weighted by Crippen LogP contribution is -2.72. The normalized spacial score (nSPS) is 15.6. The van der Waals surface area contributed by atoms with Crippen LogP contribution in [-0.4, -0.2) is 16.1 Å². The molecule has 14 aromatic rings. The number of para-hydroxylation sites is 2. The zero-order valence-electron chi connectivity index (χ0n) is 49.8. The fourth-order valence-electron chi connectivity index (χ4n) is 17.4. The van der Waals surface area contributed by atoms with Gasteiger partial charge in [-0.1, -0.05) is 295 Å². The Hall–Kier alpha value is -10.1. The minimum Gasteiger partial charge on any atom is -0.309 e. The lowest BCUT2D eigenvalue weighted by molar-refractivity contribution is 0.634. The molecule has 0 saturated carbocycles. The van der Waals surface area contributed by atoms with E-state index in [2.05, 4.69) is 341 Å². The van der Waals surface area contributed by atoms with Gasteiger partial charge in [-0.15, -0.1) is 0 Å². The van der Waals surface area contributed by atoms with Crippen molar-refractivity contribution in [1.29, 1.82) is 0 Å². The Bertz CT molecular complexity index is 4820. The SMILES string of the molecule is CC1(C)c2ccccc2N(c2cc3c4ccccc4c(N4c5ccccc5C(C)(C)c5c4ccc4c5-c5ccccc5[Si]4(c4ccccc4)c4ccccc4)cc3c3ccccc23)c2ccc3c(c21)-c1ccccc1[Si]3(c1ccccc1)c1ccccc1. The maximum atomic E-state index is 2.64. The van der Waals surface area contributed by atoms with Gasteiger partial charge in [-0.3, -0.25) is 0 Å². The molecule has 4 aliphatic rings. The summed E-state index contributed by atoms with van der Waals surface area (Å²) in [4.78, 5) is 5.28. The van der Waals surface area contributed by atoms with Gasteiger partial charge in [0.25, 0.3) is 0 Å². The molecular weight excluding hydrogens is 1090 g/mol. The van der Waals surface area contributed by atoms with Gasteiger partial charge in [-0.2, -0.15) is 0 Å². The van der Waals surface area contributed by atoms with Gasteiger partial charge in [0.1, 0.15) is 0 Å². The van der Waals surface area contributed by atoms with Crippen LogP contribution in [0.4, 0.5) is 34.1 Å². The number of nitrogens with zero attached hydrogens (tertiary/aromatic N) is 2. The van der Waals surface area contributed by atoms with Crippen molar-refractivity contribution in [2.75, 3.05) is 9.80 Å². The Balaban J connectivity index is 0.898. The van der Waals surface area contributed by atoms with Crippen LogP contribution in [-0.2, 0) is 10.8 Å². The van der Waals surface area contributed by atoms with Gasteiger partial charge in [-0.05, 0) is 144 Å². The van der Waals surface area contributed by atoms with Crippen molar-refractivity contribution in [2.45, 2.75) is 38.5 Å². The maximum Gasteiger partial charge on any atom is 0.180 e. The van der Waals surface area contributed by atoms with Crippen LogP contribution in [0.3, 0.4) is 0 Å². The average molecular weight is 1160 g/mol. The van der Waals surface area contributed by atoms with Crippen LogP contribution in [0, 0.1) is 0 Å². The van der Waals surface area contributed by atoms with Crippen LogP contribution in [0.5, 0.6) is 0 Å². The van der Waals surface area contributed by atoms with Gasteiger partial charge in [-0.25, -0.2) is 0 Å². The Morgan fingerprint density at radius 3 is 0.920 bits per heavy atom. The van der Waals surface area contributed by atoms with Crippen molar-refractivity contribution >= 4 is 124 Å². The number of benzene rings is 14. The Kier molecular flexibility index (Phi) is 10.9. The first-order valence-corrected chi connectivity index (χ1v) is 35.2. The van der Waals surface area contributed by atoms with Crippen molar-refractivity contribution in [2.24, 2.45) is 0 Å². The van der Waals surface area contributed by atoms with E-state index in [1.54, 1.807) is 0 Å². The molecule has 14 aromatic carbocycles. The fourth-order valence-corrected chi connectivity index (χ4v) is 27.8. The van der Waals surface area contributed by atoms with E-state index in [1.807, 2.05) is 0 Å². The lowest BCUT2D eigenvalue weighted by Gasteiger charge is -2.44. The summed E-state index contributed by atoms with van der Waals surface area (Å²) in [7, 11) is -5.60. The van der Waals surface area contributed by atoms with E-state index in [-0.39, 0.29) is 10.8 Å². The average Bonchev–Trinajstić information content (AvgIpc) is 1.43. The largest absolute Gasteiger partial charge is 0.309 e. The van der Waals surface area contributed by atoms with Crippen LogP contribution in [0.1, 0.15) is 49.9 Å². The summed E-state index contributed by atoms with van der Waals surface area (Å²) < 4.78 is 0. The van der Waals surface area contributed by atoms with Gasteiger partial charge in [0.2, 0.25) is 0 Å². The summed E-state index contributed by atoms with van der Waals surface area (Å²) in [5, 5.41) is 18.9. The number of fused-ring (bicyclic) bond motifs is 17. The van der Waals surface area contributed by atoms with Gasteiger partial charge in [0.05, 0.1) is 34.1 Å². The van der Waals surface area contributed by atoms with Gasteiger partial charge in [0.15, 0.2) is 16.1 Å². The zero-order valence-corrected chi connectivity index (χ0v) is 51.8. The number of anilines is 6. The molecule has 0 aliphatic carbocycles. The van der Waals surface area contributed by atoms with Crippen LogP contribution in [0.2, 0.25) is 0 Å². The molecule has 0 saturated heterocycles. The molecule has 0 aromatic heterocycles. The minimum atomic E-state index is -2.80. The number of hydrogen-bond acceptors (Lipinski definition) is 2. The molecule has 2 nitrogen and oxygen atoms in total. The summed E-state index contributed by atoms with van der Waals surface area (Å²) in [5.41, 5.74) is 17.5. The predicted octanol–water partition coefficient (Wildman–Crippen LogP) is 16.1. The highest BCUT2D eigenvalue weighted by atomic mass is 28.3. The molecule has 0 unspecified atom stereocenters. The van der Waals surface area contributed by atoms with E-state index in [9.17, 15) is 0 Å². The summed E-state index contributed by atoms with van der Waals surface area (Å²) in [6, 6.07) is 117. The van der Waals surface area contributed by atoms with Gasteiger partial charge < -0.3 is 9.80 Å². The molecule has 0 N–H and O–H groups in total. The van der Waals surface area contributed by atoms with Crippen LogP contribution in [0.15, 0.2) is 303 Å². The molecule has 4 heteroatoms. The standard InChI is InChI=1S/C84H62N2Si2/c1-83(2)67-43-23-25-45-69(67)85(71-49-51-77-79(81(71)83)63-41-21-27-47-75(63)87(77,55-29-9-5-10-30-55)56-31-11-6-12-32-56)73-53-65-60-38-18-20-40-62(60)74(54-66(65)59-37-17-19-39-61(59)73)86-70-46-26-24-44-68(70)84(3,4)82-72(86)50-52-78-80(82)64-42-22-28-48-76(64)88(78,57-33-13-7-14-34-57)58-35-15-8-16-36-58/h5-54H,1-4H3. The van der Waals surface area contributed by atoms with E-state index < -0.39 is 16.1 Å². The Morgan fingerprint density at radius 1 is 0.239 bits per heavy atom. The summed E-state index contributed by atoms with van der Waals surface area (Å²) in [5.74, 6) is 0. The maximum absolute atomic E-state index is 2.80. The van der Waals surface area contributed by atoms with Crippen molar-refractivity contribution < 1.29 is 0 Å². The van der Waals surface area contributed by atoms with Crippen molar-refractivity contribution in [3.63, 3.8) is 0 Å². The van der Waals surface area contributed by atoms with Crippen LogP contribution < -0.4 is 51.3 Å². The molecule has 4 aliphatic heterocycles. The minimum absolute atomic E-state index is 0.350. The predicted molar refractivity (Wildman–Crippen MR) is 378 cm³/mol. The van der Waals surface area contributed by atoms with Crippen LogP contribution >= 0.6 is 0 Å². The first-order chi connectivity index (χ1) is 43.2. The fraction of sp³-hybridized carbons (Fsp3) is 0.0714. The number of hydrogen-bond donors (Lipinski definition) is 0. The smallest absolute Gasteiger partial charge is 0.180 e. The molecule has 416 valence electrons. The van der Waals surface area contributed by atoms with Crippen molar-refractivity contribution in [3.8, 4) is 22.3 Å². The molecule has 0 radical (unpaired) electrons. The third-order valence-corrected chi connectivity index (χ3v) is 30.6. The van der Waals surface area contributed by atoms with E-state index in [0.717, 1.165) is 0 Å². The van der Waals surface area contributed by atoms with E-state index in [4.69, 9.17) is 0 Å². The molecular formula is C84H62N2Si2. The third-order valence-electron chi connectivity index (χ3n) is 20.9. The molecule has 0 spiro atoms. The van der Waals surface area contributed by atoms with Crippen molar-refractivity contribution in [1.82, 2.24) is 0 Å². The van der Waals surface area contributed by atoms with Crippen LogP contribution in [0.25, 0.3) is 54.6 Å². The highest BCUT2D eigenvalue weighted by Gasteiger charge is 2.54. The first kappa shape index (κ1) is 51.1. The molecule has 4 heterocycles. The molecule has 0 amide bonds. The molecule has 18 rings (SSSR count). The monoisotopic (exact) mass is 1150 g/mol. The highest BCUT2D eigenvalue weighted by Crippen LogP contribution is 2.59. The third kappa shape index (κ3) is 6.60. The second-order valence-electron chi connectivity index (χ2n) is 25.8. The van der Waals surface area contributed by atoms with E-state index >= 15 is 0 Å². The van der Waals surface area contributed by atoms with E-state index in [1.165, 1.54) is 152 Å². The van der Waals surface area contributed by atoms with E-state index in [0.29, 0.717) is 0 Å². The topological polar surface area (TPSA) is 6.48 Å². The summed E-state index contributed by atoms with van der Waals surface area (Å²) in [6.07, 6.45) is 0. The molecule has 0 bridgehead atoms. The summed E-state index contributed by atoms with van der Waals surface area (Å²) in [6.45, 7) is 9.89. The second kappa shape index (κ2) is 18.7. The molecule has 88 heavy (non-hydrogen) atoms. The quantitative estimate of drug-likeness (QED) is 0.121.